The molecule has 7 heteroatoms. The molecular weight excluding hydrogens is 322 g/mol. The van der Waals surface area contributed by atoms with Gasteiger partial charge < -0.3 is 5.32 Å². The molecule has 0 unspecified atom stereocenters. The summed E-state index contributed by atoms with van der Waals surface area (Å²) in [5, 5.41) is 11.2. The van der Waals surface area contributed by atoms with Gasteiger partial charge in [0.05, 0.1) is 5.52 Å². The van der Waals surface area contributed by atoms with Crippen molar-refractivity contribution in [3.05, 3.63) is 30.0 Å². The van der Waals surface area contributed by atoms with Gasteiger partial charge in [0.1, 0.15) is 0 Å². The molecule has 2 aromatic rings. The van der Waals surface area contributed by atoms with Crippen LogP contribution in [0.25, 0.3) is 10.9 Å². The summed E-state index contributed by atoms with van der Waals surface area (Å²) in [4.78, 5) is 12.2. The van der Waals surface area contributed by atoms with Crippen molar-refractivity contribution in [2.24, 2.45) is 5.92 Å². The Bertz CT molecular complexity index is 684. The third kappa shape index (κ3) is 5.19. The summed E-state index contributed by atoms with van der Waals surface area (Å²) in [6.07, 6.45) is 4.91. The molecule has 0 spiro atoms. The Hall–Kier alpha value is -2.15. The number of hydrogen-bond donors (Lipinski definition) is 4. The molecule has 1 atom stereocenters. The molecule has 24 heavy (non-hydrogen) atoms. The maximum atomic E-state index is 12.2. The number of carbonyl (C=O) groups excluding carboxylic acids is 1. The van der Waals surface area contributed by atoms with Crippen LogP contribution in [-0.2, 0) is 0 Å². The first-order chi connectivity index (χ1) is 11.6. The lowest BCUT2D eigenvalue weighted by atomic mass is 10.0. The number of rotatable bonds is 7. The number of amides is 1. The average molecular weight is 347 g/mol. The Kier molecular flexibility index (Phi) is 6.99. The van der Waals surface area contributed by atoms with E-state index in [1.807, 2.05) is 24.3 Å². The predicted octanol–water partition coefficient (Wildman–Crippen LogP) is 2.89. The molecule has 0 bridgehead atoms. The van der Waals surface area contributed by atoms with Crippen LogP contribution in [0.15, 0.2) is 24.3 Å². The van der Waals surface area contributed by atoms with Gasteiger partial charge in [0.25, 0.3) is 5.91 Å². The molecule has 4 N–H and O–H groups in total. The molecule has 1 heterocycles. The van der Waals surface area contributed by atoms with Gasteiger partial charge in [0, 0.05) is 11.9 Å². The van der Waals surface area contributed by atoms with Crippen LogP contribution in [0.1, 0.15) is 50.0 Å². The number of fused-ring (bicyclic) bond motifs is 1. The number of hydrazine groups is 1. The van der Waals surface area contributed by atoms with Crippen LogP contribution in [0.4, 0.5) is 0 Å². The number of aromatic nitrogens is 2. The zero-order valence-electron chi connectivity index (χ0n) is 14.2. The minimum absolute atomic E-state index is 0.326. The van der Waals surface area contributed by atoms with Crippen LogP contribution in [0, 0.1) is 5.92 Å². The average Bonchev–Trinajstić information content (AvgIpc) is 3.02. The number of thiocarbonyl (C=S) groups is 1. The van der Waals surface area contributed by atoms with Crippen LogP contribution < -0.4 is 16.2 Å². The van der Waals surface area contributed by atoms with Crippen molar-refractivity contribution >= 4 is 34.1 Å². The third-order valence-electron chi connectivity index (χ3n) is 3.89. The summed E-state index contributed by atoms with van der Waals surface area (Å²) in [5.41, 5.74) is 6.47. The van der Waals surface area contributed by atoms with E-state index in [1.54, 1.807) is 0 Å². The van der Waals surface area contributed by atoms with E-state index in [0.29, 0.717) is 16.7 Å². The zero-order valence-corrected chi connectivity index (χ0v) is 15.0. The van der Waals surface area contributed by atoms with Gasteiger partial charge in [-0.15, -0.1) is 0 Å². The van der Waals surface area contributed by atoms with Crippen LogP contribution in [0.2, 0.25) is 0 Å². The van der Waals surface area contributed by atoms with Crippen molar-refractivity contribution in [2.75, 3.05) is 6.54 Å². The highest BCUT2D eigenvalue weighted by atomic mass is 32.1. The fraction of sp³-hybridized carbons (Fsp3) is 0.471. The molecule has 2 rings (SSSR count). The monoisotopic (exact) mass is 347 g/mol. The van der Waals surface area contributed by atoms with Crippen molar-refractivity contribution in [3.8, 4) is 0 Å². The van der Waals surface area contributed by atoms with Crippen LogP contribution in [0.3, 0.4) is 0 Å². The Morgan fingerprint density at radius 2 is 2.08 bits per heavy atom. The second-order valence-electron chi connectivity index (χ2n) is 6.01. The number of para-hydroxylation sites is 1. The third-order valence-corrected chi connectivity index (χ3v) is 4.13. The molecule has 6 nitrogen and oxygen atoms in total. The molecule has 0 fully saturated rings. The maximum absolute atomic E-state index is 12.2. The van der Waals surface area contributed by atoms with Gasteiger partial charge >= 0.3 is 0 Å². The maximum Gasteiger partial charge on any atom is 0.290 e. The van der Waals surface area contributed by atoms with E-state index in [9.17, 15) is 4.79 Å². The van der Waals surface area contributed by atoms with Crippen LogP contribution in [0.5, 0.6) is 0 Å². The van der Waals surface area contributed by atoms with Gasteiger partial charge in [-0.25, -0.2) is 0 Å². The highest BCUT2D eigenvalue weighted by Crippen LogP contribution is 2.14. The number of carbonyl (C=O) groups is 1. The molecule has 1 aromatic carbocycles. The first-order valence-electron chi connectivity index (χ1n) is 8.39. The molecule has 0 aliphatic rings. The molecule has 0 saturated carbocycles. The van der Waals surface area contributed by atoms with Crippen LogP contribution in [-0.4, -0.2) is 27.8 Å². The van der Waals surface area contributed by atoms with Crippen molar-refractivity contribution in [1.82, 2.24) is 26.4 Å². The molecule has 0 aliphatic carbocycles. The summed E-state index contributed by atoms with van der Waals surface area (Å²) < 4.78 is 0. The summed E-state index contributed by atoms with van der Waals surface area (Å²) in [6, 6.07) is 7.48. The van der Waals surface area contributed by atoms with E-state index in [4.69, 9.17) is 12.2 Å². The highest BCUT2D eigenvalue weighted by Gasteiger charge is 2.13. The first kappa shape index (κ1) is 18.2. The second kappa shape index (κ2) is 9.22. The van der Waals surface area contributed by atoms with E-state index >= 15 is 0 Å². The summed E-state index contributed by atoms with van der Waals surface area (Å²) in [5.74, 6) is 0.217. The molecule has 0 saturated heterocycles. The van der Waals surface area contributed by atoms with Crippen molar-refractivity contribution in [1.29, 1.82) is 0 Å². The van der Waals surface area contributed by atoms with E-state index < -0.39 is 0 Å². The highest BCUT2D eigenvalue weighted by molar-refractivity contribution is 7.80. The number of nitrogens with zero attached hydrogens (tertiary/aromatic N) is 1. The van der Waals surface area contributed by atoms with Gasteiger partial charge in [-0.2, -0.15) is 5.10 Å². The fourth-order valence-corrected chi connectivity index (χ4v) is 2.60. The Morgan fingerprint density at radius 1 is 1.29 bits per heavy atom. The summed E-state index contributed by atoms with van der Waals surface area (Å²) in [6.45, 7) is 5.18. The topological polar surface area (TPSA) is 81.8 Å². The Labute approximate surface area is 147 Å². The largest absolute Gasteiger partial charge is 0.361 e. The van der Waals surface area contributed by atoms with Crippen molar-refractivity contribution < 1.29 is 4.79 Å². The fourth-order valence-electron chi connectivity index (χ4n) is 2.47. The van der Waals surface area contributed by atoms with Gasteiger partial charge in [-0.1, -0.05) is 51.3 Å². The number of H-pyrrole nitrogens is 1. The van der Waals surface area contributed by atoms with Gasteiger partial charge in [0.15, 0.2) is 10.8 Å². The quantitative estimate of drug-likeness (QED) is 0.352. The van der Waals surface area contributed by atoms with E-state index in [-0.39, 0.29) is 5.91 Å². The van der Waals surface area contributed by atoms with Gasteiger partial charge in [0.2, 0.25) is 0 Å². The molecular formula is C17H25N5OS. The minimum atomic E-state index is -0.326. The molecule has 0 radical (unpaired) electrons. The normalized spacial score (nSPS) is 11.9. The van der Waals surface area contributed by atoms with Gasteiger partial charge in [-0.05, 0) is 30.6 Å². The standard InChI is InChI=1S/C17H25N5OS/c1-3-4-5-8-12(2)11-18-17(24)22-21-16(23)15-13-9-6-7-10-14(13)19-20-15/h6-7,9-10,12H,3-5,8,11H2,1-2H3,(H,19,20)(H,21,23)(H2,18,22,24)/t12-/m0/s1. The number of unbranched alkanes of at least 4 members (excludes halogenated alkanes) is 2. The van der Waals surface area contributed by atoms with Crippen molar-refractivity contribution in [3.63, 3.8) is 0 Å². The minimum Gasteiger partial charge on any atom is -0.361 e. The van der Waals surface area contributed by atoms with Gasteiger partial charge in [-0.3, -0.25) is 20.7 Å². The predicted molar refractivity (Wildman–Crippen MR) is 101 cm³/mol. The lowest BCUT2D eigenvalue weighted by molar-refractivity contribution is 0.0940. The Morgan fingerprint density at radius 3 is 2.88 bits per heavy atom. The SMILES string of the molecule is CCCCC[C@H](C)CNC(=S)NNC(=O)c1n[nH]c2ccccc12. The second-order valence-corrected chi connectivity index (χ2v) is 6.42. The number of benzene rings is 1. The first-order valence-corrected chi connectivity index (χ1v) is 8.80. The lowest BCUT2D eigenvalue weighted by Gasteiger charge is -2.15. The lowest BCUT2D eigenvalue weighted by Crippen LogP contribution is -2.47. The summed E-state index contributed by atoms with van der Waals surface area (Å²) >= 11 is 5.19. The Balaban J connectivity index is 1.74. The van der Waals surface area contributed by atoms with E-state index in [2.05, 4.69) is 40.2 Å². The number of hydrogen-bond acceptors (Lipinski definition) is 3. The summed E-state index contributed by atoms with van der Waals surface area (Å²) in [7, 11) is 0. The van der Waals surface area contributed by atoms with E-state index in [0.717, 1.165) is 17.4 Å². The number of nitrogens with one attached hydrogen (secondary N) is 4. The molecule has 1 aromatic heterocycles. The van der Waals surface area contributed by atoms with Crippen LogP contribution >= 0.6 is 12.2 Å². The smallest absolute Gasteiger partial charge is 0.290 e. The van der Waals surface area contributed by atoms with E-state index in [1.165, 1.54) is 25.7 Å². The van der Waals surface area contributed by atoms with Crippen molar-refractivity contribution in [2.45, 2.75) is 39.5 Å². The molecule has 130 valence electrons. The molecule has 0 aliphatic heterocycles. The number of aromatic amines is 1. The molecule has 1 amide bonds. The zero-order chi connectivity index (χ0) is 17.4.